The topological polar surface area (TPSA) is 41.6 Å². The Bertz CT molecular complexity index is 395. The molecule has 0 saturated carbocycles. The van der Waals surface area contributed by atoms with Crippen LogP contribution < -0.4 is 0 Å². The summed E-state index contributed by atoms with van der Waals surface area (Å²) < 4.78 is 13.4. The lowest BCUT2D eigenvalue weighted by Crippen LogP contribution is -2.10. The van der Waals surface area contributed by atoms with Gasteiger partial charge in [-0.1, -0.05) is 0 Å². The van der Waals surface area contributed by atoms with Crippen molar-refractivity contribution in [2.75, 3.05) is 0 Å². The second-order valence-corrected chi connectivity index (χ2v) is 3.45. The summed E-state index contributed by atoms with van der Waals surface area (Å²) in [4.78, 5) is 10.9. The second-order valence-electron chi connectivity index (χ2n) is 3.45. The van der Waals surface area contributed by atoms with Gasteiger partial charge in [0.15, 0.2) is 5.67 Å². The fourth-order valence-corrected chi connectivity index (χ4v) is 1.14. The Morgan fingerprint density at radius 1 is 1.46 bits per heavy atom. The first kappa shape index (κ1) is 8.16. The van der Waals surface area contributed by atoms with Gasteiger partial charge < -0.3 is 4.98 Å². The van der Waals surface area contributed by atoms with E-state index in [1.54, 1.807) is 18.5 Å². The quantitative estimate of drug-likeness (QED) is 0.728. The Kier molecular flexibility index (Phi) is 1.58. The lowest BCUT2D eigenvalue weighted by Gasteiger charge is -2.08. The molecule has 0 saturated heterocycles. The summed E-state index contributed by atoms with van der Waals surface area (Å²) in [6.45, 7) is 2.94. The van der Waals surface area contributed by atoms with Crippen molar-refractivity contribution < 1.29 is 4.39 Å². The number of nitrogens with one attached hydrogen (secondary N) is 1. The summed E-state index contributed by atoms with van der Waals surface area (Å²) in [7, 11) is 0. The molecule has 0 atom stereocenters. The highest BCUT2D eigenvalue weighted by Crippen LogP contribution is 2.23. The molecule has 4 heteroatoms. The maximum atomic E-state index is 13.4. The van der Waals surface area contributed by atoms with Crippen LogP contribution >= 0.6 is 0 Å². The summed E-state index contributed by atoms with van der Waals surface area (Å²) in [5, 5.41) is 0. The molecule has 68 valence electrons. The Morgan fingerprint density at radius 3 is 2.85 bits per heavy atom. The molecule has 3 nitrogen and oxygen atoms in total. The fraction of sp³-hybridized carbons (Fsp3) is 0.333. The maximum absolute atomic E-state index is 13.4. The summed E-state index contributed by atoms with van der Waals surface area (Å²) in [5.41, 5.74) is 0.0814. The van der Waals surface area contributed by atoms with Crippen LogP contribution in [0.15, 0.2) is 18.5 Å². The van der Waals surface area contributed by atoms with Crippen molar-refractivity contribution in [3.05, 3.63) is 24.3 Å². The molecule has 0 aliphatic rings. The van der Waals surface area contributed by atoms with E-state index < -0.39 is 5.67 Å². The minimum absolute atomic E-state index is 0.343. The molecule has 0 spiro atoms. The van der Waals surface area contributed by atoms with Gasteiger partial charge in [-0.15, -0.1) is 0 Å². The first-order valence-corrected chi connectivity index (χ1v) is 4.06. The van der Waals surface area contributed by atoms with Crippen LogP contribution in [0.25, 0.3) is 11.0 Å². The predicted molar refractivity (Wildman–Crippen MR) is 48.0 cm³/mol. The van der Waals surface area contributed by atoms with Gasteiger partial charge in [0.1, 0.15) is 5.82 Å². The Morgan fingerprint density at radius 2 is 2.23 bits per heavy atom. The van der Waals surface area contributed by atoms with E-state index in [4.69, 9.17) is 0 Å². The lowest BCUT2D eigenvalue weighted by molar-refractivity contribution is 0.208. The van der Waals surface area contributed by atoms with Crippen LogP contribution in [0.3, 0.4) is 0 Å². The van der Waals surface area contributed by atoms with Gasteiger partial charge in [0.25, 0.3) is 0 Å². The molecule has 0 aromatic carbocycles. The summed E-state index contributed by atoms with van der Waals surface area (Å²) in [5.74, 6) is 0.343. The molecule has 2 aromatic heterocycles. The van der Waals surface area contributed by atoms with E-state index in [1.165, 1.54) is 13.8 Å². The highest BCUT2D eigenvalue weighted by Gasteiger charge is 2.22. The molecule has 0 aliphatic heterocycles. The van der Waals surface area contributed by atoms with Crippen molar-refractivity contribution in [1.82, 2.24) is 15.0 Å². The molecule has 0 unspecified atom stereocenters. The van der Waals surface area contributed by atoms with Gasteiger partial charge in [-0.25, -0.2) is 9.37 Å². The molecular formula is C9H10FN3. The molecular weight excluding hydrogens is 169 g/mol. The smallest absolute Gasteiger partial charge is 0.162 e. The number of halogens is 1. The van der Waals surface area contributed by atoms with Gasteiger partial charge in [0, 0.05) is 6.20 Å². The number of fused-ring (bicyclic) bond motifs is 1. The number of hydrogen-bond acceptors (Lipinski definition) is 2. The van der Waals surface area contributed by atoms with Gasteiger partial charge in [-0.3, -0.25) is 4.98 Å². The van der Waals surface area contributed by atoms with Crippen molar-refractivity contribution in [3.8, 4) is 0 Å². The minimum atomic E-state index is -1.43. The molecule has 13 heavy (non-hydrogen) atoms. The second kappa shape index (κ2) is 2.52. The molecule has 0 fully saturated rings. The number of imidazole rings is 1. The average Bonchev–Trinajstić information content (AvgIpc) is 2.45. The third kappa shape index (κ3) is 1.39. The monoisotopic (exact) mass is 179 g/mol. The van der Waals surface area contributed by atoms with Gasteiger partial charge in [-0.2, -0.15) is 0 Å². The normalized spacial score (nSPS) is 12.2. The van der Waals surface area contributed by atoms with Crippen LogP contribution in [0.4, 0.5) is 4.39 Å². The third-order valence-electron chi connectivity index (χ3n) is 1.85. The van der Waals surface area contributed by atoms with Crippen LogP contribution in [0.2, 0.25) is 0 Å². The minimum Gasteiger partial charge on any atom is -0.338 e. The Hall–Kier alpha value is -1.45. The van der Waals surface area contributed by atoms with E-state index in [-0.39, 0.29) is 0 Å². The van der Waals surface area contributed by atoms with E-state index in [1.807, 2.05) is 0 Å². The van der Waals surface area contributed by atoms with Crippen molar-refractivity contribution in [1.29, 1.82) is 0 Å². The summed E-state index contributed by atoms with van der Waals surface area (Å²) in [6, 6.07) is 1.75. The molecule has 2 heterocycles. The largest absolute Gasteiger partial charge is 0.338 e. The fourth-order valence-electron chi connectivity index (χ4n) is 1.14. The number of rotatable bonds is 1. The van der Waals surface area contributed by atoms with Crippen molar-refractivity contribution in [2.45, 2.75) is 19.5 Å². The van der Waals surface area contributed by atoms with Crippen LogP contribution in [-0.4, -0.2) is 15.0 Å². The summed E-state index contributed by atoms with van der Waals surface area (Å²) in [6.07, 6.45) is 3.27. The van der Waals surface area contributed by atoms with E-state index in [0.29, 0.717) is 5.82 Å². The maximum Gasteiger partial charge on any atom is 0.162 e. The highest BCUT2D eigenvalue weighted by molar-refractivity contribution is 5.73. The van der Waals surface area contributed by atoms with E-state index >= 15 is 0 Å². The Labute approximate surface area is 75.0 Å². The van der Waals surface area contributed by atoms with E-state index in [9.17, 15) is 4.39 Å². The van der Waals surface area contributed by atoms with E-state index in [2.05, 4.69) is 15.0 Å². The Balaban J connectivity index is 2.63. The number of hydrogen-bond donors (Lipinski definition) is 1. The van der Waals surface area contributed by atoms with Gasteiger partial charge >= 0.3 is 0 Å². The van der Waals surface area contributed by atoms with Crippen molar-refractivity contribution in [2.24, 2.45) is 0 Å². The van der Waals surface area contributed by atoms with Crippen molar-refractivity contribution in [3.63, 3.8) is 0 Å². The molecule has 0 amide bonds. The summed E-state index contributed by atoms with van der Waals surface area (Å²) >= 11 is 0. The first-order chi connectivity index (χ1) is 6.07. The number of H-pyrrole nitrogens is 1. The van der Waals surface area contributed by atoms with Crippen LogP contribution in [0, 0.1) is 0 Å². The molecule has 2 rings (SSSR count). The van der Waals surface area contributed by atoms with Crippen LogP contribution in [0.1, 0.15) is 19.7 Å². The highest BCUT2D eigenvalue weighted by atomic mass is 19.1. The number of aromatic nitrogens is 3. The number of nitrogens with zero attached hydrogens (tertiary/aromatic N) is 2. The lowest BCUT2D eigenvalue weighted by atomic mass is 10.2. The SMILES string of the molecule is CC(C)(F)c1nc2ccncc2[nH]1. The molecule has 2 aromatic rings. The average molecular weight is 179 g/mol. The molecule has 0 radical (unpaired) electrons. The number of pyridine rings is 1. The van der Waals surface area contributed by atoms with Gasteiger partial charge in [0.05, 0.1) is 17.2 Å². The molecule has 1 N–H and O–H groups in total. The first-order valence-electron chi connectivity index (χ1n) is 4.06. The molecule has 0 bridgehead atoms. The van der Waals surface area contributed by atoms with Crippen molar-refractivity contribution >= 4 is 11.0 Å². The van der Waals surface area contributed by atoms with Gasteiger partial charge in [-0.05, 0) is 19.9 Å². The molecule has 0 aliphatic carbocycles. The standard InChI is InChI=1S/C9H10FN3/c1-9(2,10)8-12-6-3-4-11-5-7(6)13-8/h3-5H,1-2H3,(H,12,13). The van der Waals surface area contributed by atoms with Crippen LogP contribution in [-0.2, 0) is 5.67 Å². The number of aromatic amines is 1. The van der Waals surface area contributed by atoms with Crippen LogP contribution in [0.5, 0.6) is 0 Å². The third-order valence-corrected chi connectivity index (χ3v) is 1.85. The zero-order valence-corrected chi connectivity index (χ0v) is 7.50. The number of alkyl halides is 1. The van der Waals surface area contributed by atoms with E-state index in [0.717, 1.165) is 11.0 Å². The zero-order valence-electron chi connectivity index (χ0n) is 7.50. The zero-order chi connectivity index (χ0) is 9.47. The predicted octanol–water partition coefficient (Wildman–Crippen LogP) is 2.16. The van der Waals surface area contributed by atoms with Gasteiger partial charge in [0.2, 0.25) is 0 Å².